The lowest BCUT2D eigenvalue weighted by molar-refractivity contribution is 0.475. The van der Waals surface area contributed by atoms with Crippen molar-refractivity contribution in [3.05, 3.63) is 36.8 Å². The fourth-order valence-corrected chi connectivity index (χ4v) is 3.43. The molecule has 4 rings (SSSR count). The summed E-state index contributed by atoms with van der Waals surface area (Å²) < 4.78 is 2.25. The number of aromatic nitrogens is 3. The van der Waals surface area contributed by atoms with Gasteiger partial charge in [-0.3, -0.25) is 0 Å². The number of aromatic hydroxyl groups is 1. The predicted octanol–water partition coefficient (Wildman–Crippen LogP) is 3.50. The predicted molar refractivity (Wildman–Crippen MR) is 86.5 cm³/mol. The van der Waals surface area contributed by atoms with Crippen LogP contribution in [0.4, 0.5) is 5.82 Å². The summed E-state index contributed by atoms with van der Waals surface area (Å²) in [6, 6.07) is 7.66. The molecule has 2 heterocycles. The van der Waals surface area contributed by atoms with Crippen molar-refractivity contribution in [1.29, 1.82) is 0 Å². The van der Waals surface area contributed by atoms with Crippen LogP contribution >= 0.6 is 0 Å². The Labute approximate surface area is 128 Å². The van der Waals surface area contributed by atoms with E-state index in [1.165, 1.54) is 32.0 Å². The van der Waals surface area contributed by atoms with Gasteiger partial charge < -0.3 is 15.4 Å². The highest BCUT2D eigenvalue weighted by Gasteiger charge is 2.22. The van der Waals surface area contributed by atoms with E-state index in [2.05, 4.69) is 20.7 Å². The summed E-state index contributed by atoms with van der Waals surface area (Å²) in [6.07, 6.45) is 8.56. The lowest BCUT2D eigenvalue weighted by Gasteiger charge is -2.12. The van der Waals surface area contributed by atoms with E-state index in [0.29, 0.717) is 11.9 Å². The molecule has 112 valence electrons. The van der Waals surface area contributed by atoms with Crippen molar-refractivity contribution in [1.82, 2.24) is 14.5 Å². The number of benzene rings is 1. The maximum Gasteiger partial charge on any atom is 0.146 e. The van der Waals surface area contributed by atoms with E-state index in [4.69, 9.17) is 5.73 Å². The van der Waals surface area contributed by atoms with Crippen molar-refractivity contribution in [2.75, 3.05) is 5.73 Å². The Balaban J connectivity index is 1.95. The molecule has 0 amide bonds. The summed E-state index contributed by atoms with van der Waals surface area (Å²) in [5.41, 5.74) is 9.07. The van der Waals surface area contributed by atoms with Crippen LogP contribution < -0.4 is 5.73 Å². The highest BCUT2D eigenvalue weighted by Crippen LogP contribution is 2.38. The van der Waals surface area contributed by atoms with Crippen LogP contribution in [0, 0.1) is 0 Å². The minimum absolute atomic E-state index is 0.257. The summed E-state index contributed by atoms with van der Waals surface area (Å²) in [7, 11) is 0. The molecule has 0 aliphatic heterocycles. The number of hydrogen-bond acceptors (Lipinski definition) is 4. The second kappa shape index (κ2) is 5.02. The van der Waals surface area contributed by atoms with Gasteiger partial charge in [-0.15, -0.1) is 0 Å². The Morgan fingerprint density at radius 2 is 1.82 bits per heavy atom. The van der Waals surface area contributed by atoms with Gasteiger partial charge in [0.2, 0.25) is 0 Å². The van der Waals surface area contributed by atoms with Crippen molar-refractivity contribution < 1.29 is 5.11 Å². The van der Waals surface area contributed by atoms with E-state index in [1.807, 2.05) is 12.1 Å². The van der Waals surface area contributed by atoms with Crippen LogP contribution in [0.1, 0.15) is 31.7 Å². The minimum Gasteiger partial charge on any atom is -0.508 e. The first-order valence-corrected chi connectivity index (χ1v) is 7.64. The lowest BCUT2D eigenvalue weighted by Crippen LogP contribution is -2.04. The largest absolute Gasteiger partial charge is 0.508 e. The molecule has 0 atom stereocenters. The van der Waals surface area contributed by atoms with Crippen molar-refractivity contribution >= 4 is 16.9 Å². The second-order valence-electron chi connectivity index (χ2n) is 5.89. The standard InChI is InChI=1S/C17H18N4O/c18-16-15-14(11-5-7-13(22)8-6-11)9-21(12-3-1-2-4-12)17(15)20-10-19-16/h5-10,12,22H,1-4H2,(H2,18,19,20). The van der Waals surface area contributed by atoms with Crippen molar-refractivity contribution in [2.45, 2.75) is 31.7 Å². The molecule has 3 aromatic rings. The third-order valence-corrected chi connectivity index (χ3v) is 4.54. The van der Waals surface area contributed by atoms with Gasteiger partial charge in [-0.1, -0.05) is 25.0 Å². The maximum absolute atomic E-state index is 9.49. The molecule has 0 radical (unpaired) electrons. The summed E-state index contributed by atoms with van der Waals surface area (Å²) in [5, 5.41) is 10.4. The summed E-state index contributed by atoms with van der Waals surface area (Å²) in [5.74, 6) is 0.761. The summed E-state index contributed by atoms with van der Waals surface area (Å²) in [4.78, 5) is 8.63. The number of anilines is 1. The van der Waals surface area contributed by atoms with E-state index in [9.17, 15) is 5.11 Å². The fourth-order valence-electron chi connectivity index (χ4n) is 3.43. The molecule has 0 spiro atoms. The third-order valence-electron chi connectivity index (χ3n) is 4.54. The maximum atomic E-state index is 9.49. The number of nitrogens with zero attached hydrogens (tertiary/aromatic N) is 3. The molecule has 22 heavy (non-hydrogen) atoms. The van der Waals surface area contributed by atoms with E-state index < -0.39 is 0 Å². The first-order chi connectivity index (χ1) is 10.7. The Kier molecular flexibility index (Phi) is 2.99. The molecule has 1 aliphatic rings. The van der Waals surface area contributed by atoms with Gasteiger partial charge in [-0.25, -0.2) is 9.97 Å². The Morgan fingerprint density at radius 3 is 2.55 bits per heavy atom. The number of rotatable bonds is 2. The highest BCUT2D eigenvalue weighted by atomic mass is 16.3. The zero-order valence-corrected chi connectivity index (χ0v) is 12.2. The highest BCUT2D eigenvalue weighted by molar-refractivity contribution is 6.00. The van der Waals surface area contributed by atoms with Gasteiger partial charge in [0.1, 0.15) is 23.5 Å². The molecule has 0 bridgehead atoms. The molecule has 0 unspecified atom stereocenters. The number of hydrogen-bond donors (Lipinski definition) is 2. The molecule has 0 saturated heterocycles. The monoisotopic (exact) mass is 294 g/mol. The van der Waals surface area contributed by atoms with Crippen LogP contribution in [-0.4, -0.2) is 19.6 Å². The molecular weight excluding hydrogens is 276 g/mol. The van der Waals surface area contributed by atoms with Crippen LogP contribution in [0.25, 0.3) is 22.2 Å². The molecule has 2 aromatic heterocycles. The average molecular weight is 294 g/mol. The van der Waals surface area contributed by atoms with Crippen LogP contribution in [0.2, 0.25) is 0 Å². The number of phenolic OH excluding ortho intramolecular Hbond substituents is 1. The Bertz CT molecular complexity index is 817. The molecule has 1 aromatic carbocycles. The van der Waals surface area contributed by atoms with Gasteiger partial charge in [0.15, 0.2) is 0 Å². The quantitative estimate of drug-likeness (QED) is 0.758. The van der Waals surface area contributed by atoms with E-state index in [1.54, 1.807) is 12.1 Å². The van der Waals surface area contributed by atoms with Gasteiger partial charge in [0.25, 0.3) is 0 Å². The third kappa shape index (κ3) is 2.01. The number of fused-ring (bicyclic) bond motifs is 1. The molecule has 1 fully saturated rings. The SMILES string of the molecule is Nc1ncnc2c1c(-c1ccc(O)cc1)cn2C1CCCC1. The van der Waals surface area contributed by atoms with Crippen LogP contribution in [0.15, 0.2) is 36.8 Å². The summed E-state index contributed by atoms with van der Waals surface area (Å²) in [6.45, 7) is 0. The molecule has 5 heteroatoms. The zero-order chi connectivity index (χ0) is 15.1. The topological polar surface area (TPSA) is 77.0 Å². The van der Waals surface area contributed by atoms with Crippen molar-refractivity contribution in [3.8, 4) is 16.9 Å². The normalized spacial score (nSPS) is 15.6. The number of nitrogens with two attached hydrogens (primary N) is 1. The summed E-state index contributed by atoms with van der Waals surface area (Å²) >= 11 is 0. The van der Waals surface area contributed by atoms with E-state index in [0.717, 1.165) is 22.2 Å². The molecular formula is C17H18N4O. The fraction of sp³-hybridized carbons (Fsp3) is 0.294. The van der Waals surface area contributed by atoms with Gasteiger partial charge in [0.05, 0.1) is 5.39 Å². The Morgan fingerprint density at radius 1 is 1.09 bits per heavy atom. The van der Waals surface area contributed by atoms with Gasteiger partial charge >= 0.3 is 0 Å². The number of phenols is 1. The molecule has 5 nitrogen and oxygen atoms in total. The minimum atomic E-state index is 0.257. The zero-order valence-electron chi connectivity index (χ0n) is 12.2. The first kappa shape index (κ1) is 13.1. The molecule has 1 saturated carbocycles. The molecule has 1 aliphatic carbocycles. The van der Waals surface area contributed by atoms with Gasteiger partial charge in [-0.05, 0) is 30.5 Å². The molecule has 3 N–H and O–H groups in total. The first-order valence-electron chi connectivity index (χ1n) is 7.64. The lowest BCUT2D eigenvalue weighted by atomic mass is 10.1. The van der Waals surface area contributed by atoms with Gasteiger partial charge in [-0.2, -0.15) is 0 Å². The van der Waals surface area contributed by atoms with Crippen molar-refractivity contribution in [3.63, 3.8) is 0 Å². The van der Waals surface area contributed by atoms with E-state index >= 15 is 0 Å². The van der Waals surface area contributed by atoms with Crippen LogP contribution in [0.3, 0.4) is 0 Å². The van der Waals surface area contributed by atoms with Crippen LogP contribution in [-0.2, 0) is 0 Å². The van der Waals surface area contributed by atoms with Crippen molar-refractivity contribution in [2.24, 2.45) is 0 Å². The Hall–Kier alpha value is -2.56. The number of nitrogen functional groups attached to an aromatic ring is 1. The van der Waals surface area contributed by atoms with Crippen LogP contribution in [0.5, 0.6) is 5.75 Å². The average Bonchev–Trinajstić information content (AvgIpc) is 3.15. The van der Waals surface area contributed by atoms with E-state index in [-0.39, 0.29) is 5.75 Å². The smallest absolute Gasteiger partial charge is 0.146 e. The van der Waals surface area contributed by atoms with Gasteiger partial charge in [0, 0.05) is 17.8 Å². The second-order valence-corrected chi connectivity index (χ2v) is 5.89.